The highest BCUT2D eigenvalue weighted by Gasteiger charge is 2.20. The van der Waals surface area contributed by atoms with Gasteiger partial charge in [0.15, 0.2) is 11.5 Å². The summed E-state index contributed by atoms with van der Waals surface area (Å²) in [6.45, 7) is 0.209. The Bertz CT molecular complexity index is 373. The van der Waals surface area contributed by atoms with Gasteiger partial charge in [-0.1, -0.05) is 0 Å². The zero-order valence-electron chi connectivity index (χ0n) is 7.74. The number of halogens is 2. The lowest BCUT2D eigenvalue weighted by atomic mass is 10.0. The van der Waals surface area contributed by atoms with E-state index in [0.29, 0.717) is 0 Å². The van der Waals surface area contributed by atoms with Gasteiger partial charge in [0.2, 0.25) is 5.82 Å². The summed E-state index contributed by atoms with van der Waals surface area (Å²) in [4.78, 5) is 0. The lowest BCUT2D eigenvalue weighted by molar-refractivity contribution is 0.165. The lowest BCUT2D eigenvalue weighted by Gasteiger charge is -2.13. The molecule has 0 aromatic heterocycles. The molecule has 5 N–H and O–H groups in total. The number of rotatable bonds is 3. The van der Waals surface area contributed by atoms with Crippen LogP contribution in [-0.4, -0.2) is 21.9 Å². The molecule has 1 unspecified atom stereocenters. The number of aliphatic hydroxyl groups is 1. The molecular weight excluding hydrogens is 269 g/mol. The van der Waals surface area contributed by atoms with Crippen LogP contribution in [0.2, 0.25) is 0 Å². The predicted octanol–water partition coefficient (Wildman–Crippen LogP) is 1.38. The number of phenols is 2. The topological polar surface area (TPSA) is 86.7 Å². The fourth-order valence-electron chi connectivity index (χ4n) is 1.18. The van der Waals surface area contributed by atoms with E-state index in [2.05, 4.69) is 15.9 Å². The number of benzene rings is 1. The van der Waals surface area contributed by atoms with E-state index in [9.17, 15) is 14.6 Å². The minimum Gasteiger partial charge on any atom is -0.504 e. The van der Waals surface area contributed by atoms with E-state index in [1.54, 1.807) is 0 Å². The maximum Gasteiger partial charge on any atom is 0.207 e. The summed E-state index contributed by atoms with van der Waals surface area (Å²) in [5.41, 5.74) is 5.23. The zero-order chi connectivity index (χ0) is 11.6. The minimum atomic E-state index is -1.16. The summed E-state index contributed by atoms with van der Waals surface area (Å²) in [6.07, 6.45) is -0.856. The van der Waals surface area contributed by atoms with Crippen molar-refractivity contribution in [2.75, 3.05) is 6.54 Å². The normalized spacial score (nSPS) is 12.8. The fourth-order valence-corrected chi connectivity index (χ4v) is 1.61. The predicted molar refractivity (Wildman–Crippen MR) is 56.1 cm³/mol. The summed E-state index contributed by atoms with van der Waals surface area (Å²) in [7, 11) is 0. The Morgan fingerprint density at radius 3 is 2.53 bits per heavy atom. The molecule has 15 heavy (non-hydrogen) atoms. The minimum absolute atomic E-state index is 0.00243. The van der Waals surface area contributed by atoms with Crippen molar-refractivity contribution in [2.45, 2.75) is 12.5 Å². The third kappa shape index (κ3) is 2.39. The van der Waals surface area contributed by atoms with Gasteiger partial charge in [-0.25, -0.2) is 0 Å². The first-order chi connectivity index (χ1) is 6.99. The molecule has 0 heterocycles. The summed E-state index contributed by atoms with van der Waals surface area (Å²) < 4.78 is 13.3. The second-order valence-corrected chi connectivity index (χ2v) is 3.91. The average Bonchev–Trinajstić information content (AvgIpc) is 2.20. The zero-order valence-corrected chi connectivity index (χ0v) is 9.33. The Morgan fingerprint density at radius 1 is 1.40 bits per heavy atom. The molecule has 84 valence electrons. The van der Waals surface area contributed by atoms with Gasteiger partial charge in [0.25, 0.3) is 0 Å². The van der Waals surface area contributed by atoms with Crippen LogP contribution >= 0.6 is 15.9 Å². The Balaban J connectivity index is 3.19. The molecule has 0 spiro atoms. The summed E-state index contributed by atoms with van der Waals surface area (Å²) in [5.74, 6) is -2.59. The van der Waals surface area contributed by atoms with Crippen molar-refractivity contribution in [3.63, 3.8) is 0 Å². The van der Waals surface area contributed by atoms with E-state index < -0.39 is 23.4 Å². The number of aliphatic hydroxyl groups excluding tert-OH is 1. The molecule has 0 aliphatic carbocycles. The molecule has 1 rings (SSSR count). The molecule has 0 saturated heterocycles. The van der Waals surface area contributed by atoms with Crippen molar-refractivity contribution >= 4 is 15.9 Å². The van der Waals surface area contributed by atoms with Gasteiger partial charge in [0, 0.05) is 5.56 Å². The highest BCUT2D eigenvalue weighted by Crippen LogP contribution is 2.38. The van der Waals surface area contributed by atoms with Crippen LogP contribution in [-0.2, 0) is 0 Å². The van der Waals surface area contributed by atoms with Crippen LogP contribution in [0.4, 0.5) is 4.39 Å². The molecule has 0 aliphatic heterocycles. The Kier molecular flexibility index (Phi) is 3.90. The van der Waals surface area contributed by atoms with Crippen LogP contribution in [0.3, 0.4) is 0 Å². The second kappa shape index (κ2) is 4.78. The summed E-state index contributed by atoms with van der Waals surface area (Å²) >= 11 is 2.91. The van der Waals surface area contributed by atoms with Crippen LogP contribution in [0.15, 0.2) is 10.5 Å². The smallest absolute Gasteiger partial charge is 0.207 e. The molecule has 1 atom stereocenters. The van der Waals surface area contributed by atoms with Gasteiger partial charge in [-0.3, -0.25) is 0 Å². The van der Waals surface area contributed by atoms with Gasteiger partial charge in [0.1, 0.15) is 0 Å². The quantitative estimate of drug-likeness (QED) is 0.673. The third-order valence-corrected chi connectivity index (χ3v) is 2.60. The van der Waals surface area contributed by atoms with E-state index >= 15 is 0 Å². The molecule has 0 aliphatic rings. The van der Waals surface area contributed by atoms with E-state index in [1.807, 2.05) is 0 Å². The van der Waals surface area contributed by atoms with Crippen molar-refractivity contribution in [2.24, 2.45) is 5.73 Å². The number of phenolic OH excluding ortho intramolecular Hbond substituents is 2. The average molecular weight is 280 g/mol. The first-order valence-corrected chi connectivity index (χ1v) is 5.06. The van der Waals surface area contributed by atoms with E-state index in [1.165, 1.54) is 6.07 Å². The number of aromatic hydroxyl groups is 2. The SMILES string of the molecule is NCCC(O)c1cc(Br)c(O)c(F)c1O. The van der Waals surface area contributed by atoms with Crippen molar-refractivity contribution in [3.8, 4) is 11.5 Å². The van der Waals surface area contributed by atoms with Crippen molar-refractivity contribution in [1.29, 1.82) is 0 Å². The van der Waals surface area contributed by atoms with Crippen molar-refractivity contribution in [1.82, 2.24) is 0 Å². The first-order valence-electron chi connectivity index (χ1n) is 4.27. The molecule has 0 amide bonds. The lowest BCUT2D eigenvalue weighted by Crippen LogP contribution is -2.07. The van der Waals surface area contributed by atoms with Crippen molar-refractivity contribution < 1.29 is 19.7 Å². The number of hydrogen-bond donors (Lipinski definition) is 4. The monoisotopic (exact) mass is 279 g/mol. The molecule has 0 bridgehead atoms. The van der Waals surface area contributed by atoms with Gasteiger partial charge in [0.05, 0.1) is 10.6 Å². The first kappa shape index (κ1) is 12.2. The molecule has 4 nitrogen and oxygen atoms in total. The second-order valence-electron chi connectivity index (χ2n) is 3.05. The molecule has 0 fully saturated rings. The van der Waals surface area contributed by atoms with Gasteiger partial charge in [-0.2, -0.15) is 4.39 Å². The van der Waals surface area contributed by atoms with Crippen LogP contribution in [0, 0.1) is 5.82 Å². The largest absolute Gasteiger partial charge is 0.504 e. The van der Waals surface area contributed by atoms with E-state index in [4.69, 9.17) is 10.8 Å². The third-order valence-electron chi connectivity index (χ3n) is 2.00. The molecule has 0 radical (unpaired) electrons. The van der Waals surface area contributed by atoms with Gasteiger partial charge in [-0.05, 0) is 35.0 Å². The molecular formula is C9H11BrFNO3. The van der Waals surface area contributed by atoms with Crippen LogP contribution in [0.25, 0.3) is 0 Å². The Morgan fingerprint density at radius 2 is 2.00 bits per heavy atom. The van der Waals surface area contributed by atoms with Gasteiger partial charge < -0.3 is 21.1 Å². The van der Waals surface area contributed by atoms with Crippen LogP contribution in [0.5, 0.6) is 11.5 Å². The maximum absolute atomic E-state index is 13.2. The standard InChI is InChI=1S/C9H11BrFNO3/c10-5-3-4(6(13)1-2-12)8(14)7(11)9(5)15/h3,6,13-15H,1-2,12H2. The highest BCUT2D eigenvalue weighted by molar-refractivity contribution is 9.10. The van der Waals surface area contributed by atoms with Crippen molar-refractivity contribution in [3.05, 3.63) is 21.9 Å². The fraction of sp³-hybridized carbons (Fsp3) is 0.333. The highest BCUT2D eigenvalue weighted by atomic mass is 79.9. The molecule has 0 saturated carbocycles. The van der Waals surface area contributed by atoms with Gasteiger partial charge in [-0.15, -0.1) is 0 Å². The Hall–Kier alpha value is -0.850. The van der Waals surface area contributed by atoms with E-state index in [-0.39, 0.29) is 23.0 Å². The molecule has 6 heteroatoms. The van der Waals surface area contributed by atoms with Crippen LogP contribution in [0.1, 0.15) is 18.1 Å². The van der Waals surface area contributed by atoms with E-state index in [0.717, 1.165) is 0 Å². The number of nitrogens with two attached hydrogens (primary N) is 1. The Labute approximate surface area is 94.3 Å². The molecule has 1 aromatic rings. The number of hydrogen-bond acceptors (Lipinski definition) is 4. The van der Waals surface area contributed by atoms with Crippen LogP contribution < -0.4 is 5.73 Å². The summed E-state index contributed by atoms with van der Waals surface area (Å²) in [5, 5.41) is 28.0. The van der Waals surface area contributed by atoms with Gasteiger partial charge >= 0.3 is 0 Å². The maximum atomic E-state index is 13.2. The summed E-state index contributed by atoms with van der Waals surface area (Å²) in [6, 6.07) is 1.26. The molecule has 1 aromatic carbocycles.